The van der Waals surface area contributed by atoms with Gasteiger partial charge in [0.1, 0.15) is 88.1 Å². The molecule has 390 valence electrons. The average Bonchev–Trinajstić information content (AvgIpc) is 3.43. The highest BCUT2D eigenvalue weighted by Crippen LogP contribution is 2.44. The van der Waals surface area contributed by atoms with E-state index >= 15 is 0 Å². The molecule has 0 saturated heterocycles. The second-order valence-electron chi connectivity index (χ2n) is 15.6. The molecule has 0 heterocycles. The molecule has 6 unspecified atom stereocenters. The highest BCUT2D eigenvalue weighted by molar-refractivity contribution is 5.83. The number of benzene rings is 4. The number of carbonyl (C=O) groups excluding carboxylic acids is 6. The van der Waals surface area contributed by atoms with E-state index in [1.165, 1.54) is 0 Å². The summed E-state index contributed by atoms with van der Waals surface area (Å²) in [5, 5.41) is 20.8. The average molecular weight is 1020 g/mol. The van der Waals surface area contributed by atoms with Gasteiger partial charge >= 0.3 is 35.8 Å². The third-order valence-electron chi connectivity index (χ3n) is 10.3. The Morgan fingerprint density at radius 3 is 0.811 bits per heavy atom. The van der Waals surface area contributed by atoms with Crippen LogP contribution in [0.3, 0.4) is 0 Å². The van der Waals surface area contributed by atoms with E-state index in [0.29, 0.717) is 23.0 Å². The first-order valence-electron chi connectivity index (χ1n) is 22.8. The van der Waals surface area contributed by atoms with Crippen molar-refractivity contribution in [1.29, 1.82) is 0 Å². The lowest BCUT2D eigenvalue weighted by Gasteiger charge is -2.30. The second kappa shape index (κ2) is 30.9. The van der Waals surface area contributed by atoms with Crippen molar-refractivity contribution in [3.63, 3.8) is 0 Å². The summed E-state index contributed by atoms with van der Waals surface area (Å²) in [6.07, 6.45) is 1.68. The van der Waals surface area contributed by atoms with E-state index in [4.69, 9.17) is 47.4 Å². The summed E-state index contributed by atoms with van der Waals surface area (Å²) in [4.78, 5) is 70.8. The number of esters is 6. The van der Waals surface area contributed by atoms with Gasteiger partial charge in [-0.25, -0.2) is 28.8 Å². The fraction of sp³-hybridized carbons (Fsp3) is 0.250. The first-order valence-corrected chi connectivity index (χ1v) is 22.8. The largest absolute Gasteiger partial charge is 0.491 e. The fourth-order valence-electron chi connectivity index (χ4n) is 6.70. The maximum atomic E-state index is 12.1. The van der Waals surface area contributed by atoms with Crippen LogP contribution in [0.4, 0.5) is 0 Å². The van der Waals surface area contributed by atoms with Gasteiger partial charge in [-0.05, 0) is 70.8 Å². The van der Waals surface area contributed by atoms with Gasteiger partial charge in [0.2, 0.25) is 0 Å². The Bertz CT molecular complexity index is 2360. The molecule has 0 aliphatic heterocycles. The Kier molecular flexibility index (Phi) is 24.1. The Hall–Kier alpha value is -8.74. The number of rotatable bonds is 33. The van der Waals surface area contributed by atoms with Crippen molar-refractivity contribution >= 4 is 35.8 Å². The lowest BCUT2D eigenvalue weighted by molar-refractivity contribution is -0.154. The third kappa shape index (κ3) is 19.8. The van der Waals surface area contributed by atoms with E-state index in [2.05, 4.69) is 39.5 Å². The number of hydrogen-bond acceptors (Lipinski definition) is 18. The van der Waals surface area contributed by atoms with Crippen LogP contribution in [0, 0.1) is 0 Å². The van der Waals surface area contributed by atoms with Gasteiger partial charge in [0.25, 0.3) is 0 Å². The predicted molar refractivity (Wildman–Crippen MR) is 268 cm³/mol. The molecule has 0 radical (unpaired) electrons. The van der Waals surface area contributed by atoms with Crippen molar-refractivity contribution in [2.45, 2.75) is 36.3 Å². The van der Waals surface area contributed by atoms with E-state index in [1.807, 2.05) is 48.5 Å². The lowest BCUT2D eigenvalue weighted by Crippen LogP contribution is -2.30. The molecule has 18 nitrogen and oxygen atoms in total. The standard InChI is InChI=1S/C56H58O18/c1-7-49(59)69-31-41(57)29-65-43-21-13-37(14-22-43)55(39-17-25-45(26-18-39)67-33-47(73-53(63)11-5)35-71-51(61)9-3)56(38-15-23-44(24-16-38)66-30-42(58)32-70-50(60)8-2)40-19-27-46(28-20-40)68-34-48(74-54(64)12-6)36-72-52(62)10-4/h7-28,41-42,47-48,55-58H,1-6,29-36H2. The molecule has 4 rings (SSSR count). The molecule has 0 spiro atoms. The number of hydrogen-bond donors (Lipinski definition) is 2. The van der Waals surface area contributed by atoms with Crippen LogP contribution in [0.1, 0.15) is 34.1 Å². The van der Waals surface area contributed by atoms with Gasteiger partial charge in [-0.15, -0.1) is 0 Å². The summed E-state index contributed by atoms with van der Waals surface area (Å²) < 4.78 is 54.4. The van der Waals surface area contributed by atoms with Crippen LogP contribution in [0.5, 0.6) is 23.0 Å². The van der Waals surface area contributed by atoms with Crippen molar-refractivity contribution in [2.24, 2.45) is 0 Å². The molecular weight excluding hydrogens is 961 g/mol. The zero-order chi connectivity index (χ0) is 53.8. The smallest absolute Gasteiger partial charge is 0.330 e. The third-order valence-corrected chi connectivity index (χ3v) is 10.3. The van der Waals surface area contributed by atoms with Gasteiger partial charge in [-0.3, -0.25) is 0 Å². The molecule has 74 heavy (non-hydrogen) atoms. The normalized spacial score (nSPS) is 12.9. The van der Waals surface area contributed by atoms with Gasteiger partial charge in [0.05, 0.1) is 0 Å². The second-order valence-corrected chi connectivity index (χ2v) is 15.6. The number of ether oxygens (including phenoxy) is 10. The zero-order valence-electron chi connectivity index (χ0n) is 40.5. The molecular formula is C56H58O18. The molecule has 0 aliphatic carbocycles. The van der Waals surface area contributed by atoms with Gasteiger partial charge in [0.15, 0.2) is 12.2 Å². The van der Waals surface area contributed by atoms with Crippen molar-refractivity contribution in [1.82, 2.24) is 0 Å². The fourth-order valence-corrected chi connectivity index (χ4v) is 6.70. The van der Waals surface area contributed by atoms with Crippen LogP contribution in [-0.2, 0) is 57.2 Å². The molecule has 4 aromatic carbocycles. The Morgan fingerprint density at radius 2 is 0.568 bits per heavy atom. The number of aliphatic hydroxyl groups is 2. The molecule has 0 amide bonds. The Morgan fingerprint density at radius 1 is 0.338 bits per heavy atom. The maximum absolute atomic E-state index is 12.1. The lowest BCUT2D eigenvalue weighted by atomic mass is 9.73. The molecule has 18 heteroatoms. The minimum atomic E-state index is -1.12. The summed E-state index contributed by atoms with van der Waals surface area (Å²) in [7, 11) is 0. The first kappa shape index (κ1) is 57.8. The van der Waals surface area contributed by atoms with Crippen LogP contribution in [0.2, 0.25) is 0 Å². The summed E-state index contributed by atoms with van der Waals surface area (Å²) in [6.45, 7) is 18.4. The monoisotopic (exact) mass is 1020 g/mol. The molecule has 0 aliphatic rings. The van der Waals surface area contributed by atoms with Crippen molar-refractivity contribution in [3.05, 3.63) is 195 Å². The number of carbonyl (C=O) groups is 6. The van der Waals surface area contributed by atoms with Crippen molar-refractivity contribution in [2.75, 3.05) is 52.9 Å². The molecule has 0 fully saturated rings. The molecule has 0 bridgehead atoms. The molecule has 6 atom stereocenters. The van der Waals surface area contributed by atoms with Crippen LogP contribution >= 0.6 is 0 Å². The van der Waals surface area contributed by atoms with Gasteiger partial charge in [-0.1, -0.05) is 88.0 Å². The molecule has 4 aromatic rings. The quantitative estimate of drug-likeness (QED) is 0.0316. The van der Waals surface area contributed by atoms with E-state index in [1.54, 1.807) is 48.5 Å². The Balaban J connectivity index is 1.76. The minimum Gasteiger partial charge on any atom is -0.491 e. The summed E-state index contributed by atoms with van der Waals surface area (Å²) >= 11 is 0. The van der Waals surface area contributed by atoms with Crippen molar-refractivity contribution < 1.29 is 86.3 Å². The van der Waals surface area contributed by atoms with Gasteiger partial charge in [0, 0.05) is 48.3 Å². The van der Waals surface area contributed by atoms with Crippen molar-refractivity contribution in [3.8, 4) is 23.0 Å². The summed E-state index contributed by atoms with van der Waals surface area (Å²) in [5.41, 5.74) is 3.19. The van der Waals surface area contributed by atoms with E-state index in [0.717, 1.165) is 58.7 Å². The first-order chi connectivity index (χ1) is 35.7. The van der Waals surface area contributed by atoms with Crippen LogP contribution in [0.15, 0.2) is 173 Å². The van der Waals surface area contributed by atoms with Gasteiger partial charge < -0.3 is 57.6 Å². The van der Waals surface area contributed by atoms with Gasteiger partial charge in [-0.2, -0.15) is 0 Å². The Labute approximate surface area is 428 Å². The van der Waals surface area contributed by atoms with Crippen LogP contribution in [0.25, 0.3) is 0 Å². The molecule has 0 aromatic heterocycles. The van der Waals surface area contributed by atoms with Crippen LogP contribution in [-0.4, -0.2) is 123 Å². The van der Waals surface area contributed by atoms with E-state index in [-0.39, 0.29) is 52.9 Å². The highest BCUT2D eigenvalue weighted by Gasteiger charge is 2.29. The zero-order valence-corrected chi connectivity index (χ0v) is 40.5. The van der Waals surface area contributed by atoms with E-state index < -0.39 is 72.1 Å². The highest BCUT2D eigenvalue weighted by atomic mass is 16.6. The molecule has 2 N–H and O–H groups in total. The number of aliphatic hydroxyl groups excluding tert-OH is 2. The summed E-state index contributed by atoms with van der Waals surface area (Å²) in [6, 6.07) is 28.8. The SMILES string of the molecule is C=CC(=O)OCC(O)COc1ccc(C(c2ccc(OCC(COC(=O)C=C)OC(=O)C=C)cc2)C(c2ccc(OCC(O)COC(=O)C=C)cc2)c2ccc(OCC(COC(=O)C=C)OC(=O)C=C)cc2)cc1. The minimum absolute atomic E-state index is 0.181. The maximum Gasteiger partial charge on any atom is 0.330 e. The predicted octanol–water partition coefficient (Wildman–Crippen LogP) is 6.00. The summed E-state index contributed by atoms with van der Waals surface area (Å²) in [5.74, 6) is -3.65. The molecule has 0 saturated carbocycles. The van der Waals surface area contributed by atoms with E-state index in [9.17, 15) is 39.0 Å². The topological polar surface area (TPSA) is 235 Å². The van der Waals surface area contributed by atoms with Crippen LogP contribution < -0.4 is 18.9 Å².